The SMILES string of the molecule is CC(C)C[C@H](NC(=O)[C@@H](N)Cc1ccccc1)C(=O)N1CCC[C@H]1C(=O)N1CCC[C@H]1C(=O)N1CCC[C@H]1C(=O)N1CCC[C@H]1C(=O)N[C@@H](CO)C(=O)N[C@@H](CO)C(=O)O. The summed E-state index contributed by atoms with van der Waals surface area (Å²) in [6.45, 7) is 3.16. The minimum absolute atomic E-state index is 0.0400. The van der Waals surface area contributed by atoms with Crippen molar-refractivity contribution in [3.63, 3.8) is 0 Å². The van der Waals surface area contributed by atoms with Crippen molar-refractivity contribution in [1.29, 1.82) is 0 Å². The maximum Gasteiger partial charge on any atom is 0.328 e. The highest BCUT2D eigenvalue weighted by Gasteiger charge is 2.48. The number of likely N-dealkylation sites (tertiary alicyclic amines) is 4. The van der Waals surface area contributed by atoms with Crippen molar-refractivity contribution in [2.45, 2.75) is 126 Å². The molecule has 8 N–H and O–H groups in total. The Balaban J connectivity index is 1.23. The molecule has 0 aromatic heterocycles. The number of carboxylic acid groups (broad SMARTS) is 1. The highest BCUT2D eigenvalue weighted by Crippen LogP contribution is 2.31. The molecule has 0 saturated carbocycles. The Morgan fingerprint density at radius 2 is 1.08 bits per heavy atom. The summed E-state index contributed by atoms with van der Waals surface area (Å²) < 4.78 is 0. The Morgan fingerprint density at radius 1 is 0.633 bits per heavy atom. The third-order valence-corrected chi connectivity index (χ3v) is 11.9. The second-order valence-corrected chi connectivity index (χ2v) is 16.6. The molecule has 8 atom stereocenters. The lowest BCUT2D eigenvalue weighted by Crippen LogP contribution is -2.59. The van der Waals surface area contributed by atoms with E-state index in [2.05, 4.69) is 10.6 Å². The molecule has 4 aliphatic rings. The van der Waals surface area contributed by atoms with Crippen molar-refractivity contribution < 1.29 is 53.7 Å². The average molecular weight is 841 g/mol. The van der Waals surface area contributed by atoms with E-state index < -0.39 is 91.1 Å². The van der Waals surface area contributed by atoms with Crippen LogP contribution >= 0.6 is 0 Å². The molecule has 4 heterocycles. The molecule has 1 aromatic rings. The number of carbonyl (C=O) groups is 8. The van der Waals surface area contributed by atoms with Crippen LogP contribution in [0.2, 0.25) is 0 Å². The first-order chi connectivity index (χ1) is 28.7. The Hall–Kier alpha value is -5.14. The first-order valence-corrected chi connectivity index (χ1v) is 21.0. The highest BCUT2D eigenvalue weighted by molar-refractivity contribution is 5.98. The molecular weight excluding hydrogens is 780 g/mol. The minimum Gasteiger partial charge on any atom is -0.480 e. The van der Waals surface area contributed by atoms with Gasteiger partial charge in [0.2, 0.25) is 41.4 Å². The minimum atomic E-state index is -1.65. The van der Waals surface area contributed by atoms with E-state index in [0.717, 1.165) is 5.56 Å². The number of carbonyl (C=O) groups excluding carboxylic acids is 7. The molecule has 4 saturated heterocycles. The van der Waals surface area contributed by atoms with E-state index in [0.29, 0.717) is 64.5 Å². The van der Waals surface area contributed by atoms with Gasteiger partial charge in [-0.2, -0.15) is 0 Å². The molecule has 0 aliphatic carbocycles. The van der Waals surface area contributed by atoms with Crippen molar-refractivity contribution >= 4 is 47.3 Å². The number of rotatable bonds is 17. The van der Waals surface area contributed by atoms with Crippen LogP contribution in [0.4, 0.5) is 0 Å². The quantitative estimate of drug-likeness (QED) is 0.0906. The van der Waals surface area contributed by atoms with Gasteiger partial charge in [-0.1, -0.05) is 44.2 Å². The summed E-state index contributed by atoms with van der Waals surface area (Å²) >= 11 is 0. The van der Waals surface area contributed by atoms with E-state index in [1.807, 2.05) is 49.5 Å². The maximum absolute atomic E-state index is 14.3. The van der Waals surface area contributed by atoms with Gasteiger partial charge in [0.1, 0.15) is 42.3 Å². The molecule has 19 heteroatoms. The lowest BCUT2D eigenvalue weighted by molar-refractivity contribution is -0.153. The number of hydrogen-bond acceptors (Lipinski definition) is 11. The molecule has 60 heavy (non-hydrogen) atoms. The van der Waals surface area contributed by atoms with Gasteiger partial charge in [-0.25, -0.2) is 4.79 Å². The molecule has 7 amide bonds. The predicted octanol–water partition coefficient (Wildman–Crippen LogP) is -1.91. The van der Waals surface area contributed by atoms with Crippen molar-refractivity contribution in [2.24, 2.45) is 11.7 Å². The summed E-state index contributed by atoms with van der Waals surface area (Å²) in [5.41, 5.74) is 7.14. The van der Waals surface area contributed by atoms with Crippen molar-refractivity contribution in [3.05, 3.63) is 35.9 Å². The summed E-state index contributed by atoms with van der Waals surface area (Å²) in [7, 11) is 0. The number of hydrogen-bond donors (Lipinski definition) is 7. The Labute approximate surface area is 349 Å². The van der Waals surface area contributed by atoms with Crippen LogP contribution in [0.25, 0.3) is 0 Å². The van der Waals surface area contributed by atoms with Gasteiger partial charge in [-0.3, -0.25) is 33.6 Å². The molecule has 19 nitrogen and oxygen atoms in total. The van der Waals surface area contributed by atoms with Gasteiger partial charge in [-0.15, -0.1) is 0 Å². The Bertz CT molecular complexity index is 1750. The number of nitrogens with two attached hydrogens (primary N) is 1. The van der Waals surface area contributed by atoms with Gasteiger partial charge in [0.15, 0.2) is 0 Å². The number of nitrogens with one attached hydrogen (secondary N) is 3. The van der Waals surface area contributed by atoms with Gasteiger partial charge in [0.05, 0.1) is 19.3 Å². The summed E-state index contributed by atoms with van der Waals surface area (Å²) in [6, 6.07) is 0.716. The van der Waals surface area contributed by atoms with E-state index in [4.69, 9.17) is 10.8 Å². The van der Waals surface area contributed by atoms with Crippen LogP contribution in [0, 0.1) is 5.92 Å². The highest BCUT2D eigenvalue weighted by atomic mass is 16.4. The molecule has 0 bridgehead atoms. The first kappa shape index (κ1) is 45.9. The third-order valence-electron chi connectivity index (χ3n) is 11.9. The maximum atomic E-state index is 14.3. The Morgan fingerprint density at radius 3 is 1.57 bits per heavy atom. The summed E-state index contributed by atoms with van der Waals surface area (Å²) in [5.74, 6) is -5.29. The molecule has 330 valence electrons. The lowest BCUT2D eigenvalue weighted by Gasteiger charge is -2.36. The number of carboxylic acids is 1. The second kappa shape index (κ2) is 20.9. The molecular formula is C41H60N8O11. The molecule has 0 unspecified atom stereocenters. The number of aliphatic hydroxyl groups is 2. The van der Waals surface area contributed by atoms with Crippen LogP contribution in [0.5, 0.6) is 0 Å². The zero-order valence-corrected chi connectivity index (χ0v) is 34.4. The van der Waals surface area contributed by atoms with Gasteiger partial charge < -0.3 is 56.6 Å². The lowest BCUT2D eigenvalue weighted by atomic mass is 10.0. The molecule has 4 aliphatic heterocycles. The van der Waals surface area contributed by atoms with Gasteiger partial charge in [-0.05, 0) is 75.7 Å². The number of benzene rings is 1. The number of amides is 7. The fraction of sp³-hybridized carbons (Fsp3) is 0.659. The molecule has 0 spiro atoms. The van der Waals surface area contributed by atoms with Crippen molar-refractivity contribution in [1.82, 2.24) is 35.6 Å². The predicted molar refractivity (Wildman–Crippen MR) is 214 cm³/mol. The smallest absolute Gasteiger partial charge is 0.328 e. The van der Waals surface area contributed by atoms with Gasteiger partial charge in [0.25, 0.3) is 0 Å². The fourth-order valence-corrected chi connectivity index (χ4v) is 8.79. The number of aliphatic hydroxyl groups excluding tert-OH is 2. The average Bonchev–Trinajstić information content (AvgIpc) is 4.07. The fourth-order valence-electron chi connectivity index (χ4n) is 8.79. The zero-order valence-electron chi connectivity index (χ0n) is 34.4. The summed E-state index contributed by atoms with van der Waals surface area (Å²) in [5, 5.41) is 35.5. The van der Waals surface area contributed by atoms with Crippen LogP contribution in [-0.4, -0.2) is 170 Å². The van der Waals surface area contributed by atoms with Crippen LogP contribution in [0.3, 0.4) is 0 Å². The zero-order chi connectivity index (χ0) is 43.7. The number of nitrogens with zero attached hydrogens (tertiary/aromatic N) is 4. The second-order valence-electron chi connectivity index (χ2n) is 16.6. The van der Waals surface area contributed by atoms with E-state index in [9.17, 15) is 48.6 Å². The third kappa shape index (κ3) is 10.8. The Kier molecular flexibility index (Phi) is 16.0. The van der Waals surface area contributed by atoms with E-state index in [1.165, 1.54) is 19.6 Å². The largest absolute Gasteiger partial charge is 0.480 e. The van der Waals surface area contributed by atoms with Crippen LogP contribution < -0.4 is 21.7 Å². The van der Waals surface area contributed by atoms with Gasteiger partial charge in [0, 0.05) is 26.2 Å². The van der Waals surface area contributed by atoms with Crippen LogP contribution in [0.1, 0.15) is 77.2 Å². The van der Waals surface area contributed by atoms with Gasteiger partial charge >= 0.3 is 5.97 Å². The first-order valence-electron chi connectivity index (χ1n) is 21.0. The standard InChI is InChI=1S/C41H60N8O11/c1-24(2)20-27(43-34(52)26(42)21-25-10-4-3-5-11-25)37(55)47-17-7-13-31(47)39(57)49-19-9-15-33(49)40(58)48-18-8-14-32(48)38(56)46-16-6-12-30(46)36(54)44-28(22-50)35(53)45-29(23-51)41(59)60/h3-5,10-11,24,26-33,50-51H,6-9,12-23,42H2,1-2H3,(H,43,52)(H,44,54)(H,45,53)(H,59,60)/t26-,27-,28-,29-,30-,31-,32-,33-/m0/s1. The topological polar surface area (TPSA) is 272 Å². The molecule has 1 aromatic carbocycles. The molecule has 4 fully saturated rings. The monoisotopic (exact) mass is 840 g/mol. The summed E-state index contributed by atoms with van der Waals surface area (Å²) in [4.78, 5) is 113. The van der Waals surface area contributed by atoms with Crippen LogP contribution in [0.15, 0.2) is 30.3 Å². The summed E-state index contributed by atoms with van der Waals surface area (Å²) in [6.07, 6.45) is 4.03. The molecule has 0 radical (unpaired) electrons. The number of aliphatic carboxylic acids is 1. The van der Waals surface area contributed by atoms with E-state index in [1.54, 1.807) is 0 Å². The normalized spacial score (nSPS) is 23.6. The molecule has 5 rings (SSSR count). The van der Waals surface area contributed by atoms with Crippen molar-refractivity contribution in [3.8, 4) is 0 Å². The van der Waals surface area contributed by atoms with Crippen molar-refractivity contribution in [2.75, 3.05) is 39.4 Å². The van der Waals surface area contributed by atoms with Crippen LogP contribution in [-0.2, 0) is 44.8 Å². The van der Waals surface area contributed by atoms with E-state index in [-0.39, 0.29) is 49.6 Å². The van der Waals surface area contributed by atoms with E-state index >= 15 is 0 Å².